The zero-order chi connectivity index (χ0) is 12.5. The molecular formula is C11H14FNO3S. The minimum Gasteiger partial charge on any atom is -0.392 e. The van der Waals surface area contributed by atoms with Crippen LogP contribution in [0, 0.1) is 5.82 Å². The predicted molar refractivity (Wildman–Crippen MR) is 60.3 cm³/mol. The highest BCUT2D eigenvalue weighted by molar-refractivity contribution is 7.89. The Morgan fingerprint density at radius 3 is 2.59 bits per heavy atom. The first-order valence-electron chi connectivity index (χ1n) is 5.44. The van der Waals surface area contributed by atoms with Crippen molar-refractivity contribution in [1.82, 2.24) is 4.72 Å². The van der Waals surface area contributed by atoms with Gasteiger partial charge in [0.05, 0.1) is 6.61 Å². The molecule has 0 unspecified atom stereocenters. The van der Waals surface area contributed by atoms with Gasteiger partial charge in [-0.1, -0.05) is 12.5 Å². The minimum absolute atomic E-state index is 0.0723. The minimum atomic E-state index is -3.78. The molecule has 4 nitrogen and oxygen atoms in total. The normalized spacial score (nSPS) is 16.8. The molecule has 0 aromatic heterocycles. The predicted octanol–water partition coefficient (Wildman–Crippen LogP) is 1.15. The molecule has 1 aromatic carbocycles. The molecule has 2 N–H and O–H groups in total. The van der Waals surface area contributed by atoms with E-state index in [1.54, 1.807) is 0 Å². The van der Waals surface area contributed by atoms with E-state index in [9.17, 15) is 12.8 Å². The summed E-state index contributed by atoms with van der Waals surface area (Å²) >= 11 is 0. The van der Waals surface area contributed by atoms with E-state index in [0.717, 1.165) is 25.3 Å². The van der Waals surface area contributed by atoms with Crippen LogP contribution in [0.25, 0.3) is 0 Å². The Kier molecular flexibility index (Phi) is 3.46. The summed E-state index contributed by atoms with van der Waals surface area (Å²) in [5.41, 5.74) is 0.352. The van der Waals surface area contributed by atoms with Crippen LogP contribution in [0.1, 0.15) is 24.8 Å². The molecule has 0 bridgehead atoms. The second kappa shape index (κ2) is 4.72. The van der Waals surface area contributed by atoms with E-state index in [4.69, 9.17) is 5.11 Å². The fourth-order valence-corrected chi connectivity index (χ4v) is 3.03. The molecule has 0 aliphatic heterocycles. The van der Waals surface area contributed by atoms with Crippen molar-refractivity contribution in [1.29, 1.82) is 0 Å². The van der Waals surface area contributed by atoms with Crippen molar-refractivity contribution in [3.05, 3.63) is 29.6 Å². The number of hydrogen-bond donors (Lipinski definition) is 2. The molecule has 0 heterocycles. The maximum absolute atomic E-state index is 13.6. The van der Waals surface area contributed by atoms with Crippen LogP contribution in [0.15, 0.2) is 23.1 Å². The third kappa shape index (κ3) is 2.65. The van der Waals surface area contributed by atoms with Gasteiger partial charge in [-0.15, -0.1) is 0 Å². The lowest BCUT2D eigenvalue weighted by Gasteiger charge is -2.26. The molecule has 94 valence electrons. The maximum atomic E-state index is 13.6. The number of rotatable bonds is 4. The van der Waals surface area contributed by atoms with E-state index < -0.39 is 15.8 Å². The Hall–Kier alpha value is -0.980. The van der Waals surface area contributed by atoms with Crippen molar-refractivity contribution in [3.63, 3.8) is 0 Å². The summed E-state index contributed by atoms with van der Waals surface area (Å²) in [5.74, 6) is -0.830. The lowest BCUT2D eigenvalue weighted by molar-refractivity contribution is 0.281. The van der Waals surface area contributed by atoms with Gasteiger partial charge in [0, 0.05) is 6.04 Å². The van der Waals surface area contributed by atoms with Gasteiger partial charge in [0.25, 0.3) is 0 Å². The molecule has 0 amide bonds. The quantitative estimate of drug-likeness (QED) is 0.852. The van der Waals surface area contributed by atoms with Crippen molar-refractivity contribution in [3.8, 4) is 0 Å². The van der Waals surface area contributed by atoms with Crippen molar-refractivity contribution in [2.75, 3.05) is 0 Å². The molecule has 1 fully saturated rings. The van der Waals surface area contributed by atoms with Crippen LogP contribution in [-0.2, 0) is 16.6 Å². The number of nitrogens with one attached hydrogen (secondary N) is 1. The van der Waals surface area contributed by atoms with Gasteiger partial charge >= 0.3 is 0 Å². The molecule has 0 atom stereocenters. The van der Waals surface area contributed by atoms with Crippen molar-refractivity contribution < 1.29 is 17.9 Å². The summed E-state index contributed by atoms with van der Waals surface area (Å²) in [6.45, 7) is -0.312. The molecule has 1 aliphatic carbocycles. The third-order valence-electron chi connectivity index (χ3n) is 2.90. The van der Waals surface area contributed by atoms with Crippen LogP contribution < -0.4 is 4.72 Å². The number of sulfonamides is 1. The number of benzene rings is 1. The van der Waals surface area contributed by atoms with Crippen LogP contribution in [0.5, 0.6) is 0 Å². The van der Waals surface area contributed by atoms with E-state index >= 15 is 0 Å². The molecule has 0 spiro atoms. The van der Waals surface area contributed by atoms with Crippen molar-refractivity contribution in [2.24, 2.45) is 0 Å². The first kappa shape index (κ1) is 12.5. The Labute approximate surface area is 99.5 Å². The second-order valence-electron chi connectivity index (χ2n) is 4.17. The summed E-state index contributed by atoms with van der Waals surface area (Å²) < 4.78 is 39.7. The smallest absolute Gasteiger partial charge is 0.243 e. The number of aliphatic hydroxyl groups is 1. The van der Waals surface area contributed by atoms with E-state index in [-0.39, 0.29) is 17.5 Å². The van der Waals surface area contributed by atoms with Crippen LogP contribution in [-0.4, -0.2) is 19.6 Å². The van der Waals surface area contributed by atoms with Crippen molar-refractivity contribution in [2.45, 2.75) is 36.8 Å². The molecule has 0 saturated heterocycles. The van der Waals surface area contributed by atoms with Crippen molar-refractivity contribution >= 4 is 10.0 Å². The highest BCUT2D eigenvalue weighted by Gasteiger charge is 2.26. The van der Waals surface area contributed by atoms with Gasteiger partial charge in [0.15, 0.2) is 0 Å². The van der Waals surface area contributed by atoms with Crippen LogP contribution in [0.4, 0.5) is 4.39 Å². The average Bonchev–Trinajstić information content (AvgIpc) is 2.23. The average molecular weight is 259 g/mol. The zero-order valence-electron chi connectivity index (χ0n) is 9.19. The number of hydrogen-bond acceptors (Lipinski definition) is 3. The van der Waals surface area contributed by atoms with Gasteiger partial charge in [-0.25, -0.2) is 17.5 Å². The summed E-state index contributed by atoms with van der Waals surface area (Å²) in [5, 5.41) is 8.82. The largest absolute Gasteiger partial charge is 0.392 e. The van der Waals surface area contributed by atoms with Gasteiger partial charge in [-0.05, 0) is 30.5 Å². The van der Waals surface area contributed by atoms with Gasteiger partial charge in [0.2, 0.25) is 10.0 Å². The SMILES string of the molecule is O=S(=O)(NC1CCC1)c1ccc(CO)cc1F. The van der Waals surface area contributed by atoms with Crippen LogP contribution in [0.2, 0.25) is 0 Å². The summed E-state index contributed by atoms with van der Waals surface area (Å²) in [6.07, 6.45) is 2.60. The first-order valence-corrected chi connectivity index (χ1v) is 6.93. The molecule has 1 saturated carbocycles. The monoisotopic (exact) mass is 259 g/mol. The topological polar surface area (TPSA) is 66.4 Å². The standard InChI is InChI=1S/C11H14FNO3S/c12-10-6-8(7-14)4-5-11(10)17(15,16)13-9-2-1-3-9/h4-6,9,13-14H,1-3,7H2. The third-order valence-corrected chi connectivity index (χ3v) is 4.45. The van der Waals surface area contributed by atoms with Gasteiger partial charge in [0.1, 0.15) is 10.7 Å². The van der Waals surface area contributed by atoms with E-state index in [2.05, 4.69) is 4.72 Å². The summed E-state index contributed by atoms with van der Waals surface area (Å²) in [4.78, 5) is -0.360. The molecular weight excluding hydrogens is 245 g/mol. The van der Waals surface area contributed by atoms with Gasteiger partial charge in [-0.2, -0.15) is 0 Å². The lowest BCUT2D eigenvalue weighted by Crippen LogP contribution is -2.39. The summed E-state index contributed by atoms with van der Waals surface area (Å²) in [7, 11) is -3.78. The zero-order valence-corrected chi connectivity index (χ0v) is 10.0. The second-order valence-corrected chi connectivity index (χ2v) is 5.85. The summed E-state index contributed by atoms with van der Waals surface area (Å²) in [6, 6.07) is 3.55. The fraction of sp³-hybridized carbons (Fsp3) is 0.455. The molecule has 2 rings (SSSR count). The van der Waals surface area contributed by atoms with E-state index in [0.29, 0.717) is 5.56 Å². The number of aliphatic hydroxyl groups excluding tert-OH is 1. The fourth-order valence-electron chi connectivity index (χ4n) is 1.67. The Morgan fingerprint density at radius 1 is 1.41 bits per heavy atom. The Balaban J connectivity index is 2.25. The lowest BCUT2D eigenvalue weighted by atomic mass is 9.94. The van der Waals surface area contributed by atoms with E-state index in [1.807, 2.05) is 0 Å². The van der Waals surface area contributed by atoms with E-state index in [1.165, 1.54) is 12.1 Å². The molecule has 6 heteroatoms. The van der Waals surface area contributed by atoms with Gasteiger partial charge in [-0.3, -0.25) is 0 Å². The maximum Gasteiger partial charge on any atom is 0.243 e. The molecule has 17 heavy (non-hydrogen) atoms. The van der Waals surface area contributed by atoms with Gasteiger partial charge < -0.3 is 5.11 Å². The molecule has 1 aliphatic rings. The highest BCUT2D eigenvalue weighted by Crippen LogP contribution is 2.22. The Morgan fingerprint density at radius 2 is 2.12 bits per heavy atom. The van der Waals surface area contributed by atoms with Crippen LogP contribution in [0.3, 0.4) is 0 Å². The number of halogens is 1. The first-order chi connectivity index (χ1) is 8.03. The molecule has 0 radical (unpaired) electrons. The highest BCUT2D eigenvalue weighted by atomic mass is 32.2. The Bertz CT molecular complexity index is 511. The van der Waals surface area contributed by atoms with Crippen LogP contribution >= 0.6 is 0 Å². The molecule has 1 aromatic rings.